The number of hydrogen-bond donors (Lipinski definition) is 1. The number of nitrogens with zero attached hydrogens (tertiary/aromatic N) is 4. The smallest absolute Gasteiger partial charge is 0.305 e. The monoisotopic (exact) mass is 238 g/mol. The second kappa shape index (κ2) is 4.81. The highest BCUT2D eigenvalue weighted by molar-refractivity contribution is 5.67. The van der Waals surface area contributed by atoms with Gasteiger partial charge < -0.3 is 5.11 Å². The van der Waals surface area contributed by atoms with Crippen LogP contribution < -0.4 is 0 Å². The first kappa shape index (κ1) is 12.0. The summed E-state index contributed by atoms with van der Waals surface area (Å²) in [6.45, 7) is 4.08. The molecule has 1 aliphatic carbocycles. The molecule has 1 fully saturated rings. The Morgan fingerprint density at radius 2 is 2.29 bits per heavy atom. The summed E-state index contributed by atoms with van der Waals surface area (Å²) in [5.41, 5.74) is 0. The van der Waals surface area contributed by atoms with Crippen LogP contribution in [0.1, 0.15) is 57.3 Å². The summed E-state index contributed by atoms with van der Waals surface area (Å²) in [4.78, 5) is 10.8. The summed E-state index contributed by atoms with van der Waals surface area (Å²) in [6.07, 6.45) is 3.25. The maximum absolute atomic E-state index is 10.8. The Balaban J connectivity index is 2.18. The third kappa shape index (κ3) is 2.62. The summed E-state index contributed by atoms with van der Waals surface area (Å²) >= 11 is 0. The van der Waals surface area contributed by atoms with E-state index in [0.717, 1.165) is 12.2 Å². The van der Waals surface area contributed by atoms with Crippen LogP contribution in [-0.4, -0.2) is 31.3 Å². The zero-order valence-electron chi connectivity index (χ0n) is 10.2. The highest BCUT2D eigenvalue weighted by Crippen LogP contribution is 2.41. The molecule has 0 aliphatic heterocycles. The molecule has 0 radical (unpaired) electrons. The van der Waals surface area contributed by atoms with Crippen LogP contribution in [0.25, 0.3) is 0 Å². The van der Waals surface area contributed by atoms with E-state index in [1.54, 1.807) is 4.68 Å². The SMILES string of the molecule is CCC(CC(=O)O)n1nnnc1C(C)C1CC1. The number of hydrogen-bond acceptors (Lipinski definition) is 4. The lowest BCUT2D eigenvalue weighted by atomic mass is 10.0. The third-order valence-corrected chi connectivity index (χ3v) is 3.48. The van der Waals surface area contributed by atoms with Crippen molar-refractivity contribution < 1.29 is 9.90 Å². The quantitative estimate of drug-likeness (QED) is 0.814. The average molecular weight is 238 g/mol. The van der Waals surface area contributed by atoms with Crippen LogP contribution in [0.15, 0.2) is 0 Å². The van der Waals surface area contributed by atoms with Gasteiger partial charge in [-0.3, -0.25) is 4.79 Å². The molecular weight excluding hydrogens is 220 g/mol. The Morgan fingerprint density at radius 3 is 2.82 bits per heavy atom. The molecule has 1 saturated carbocycles. The molecule has 1 heterocycles. The van der Waals surface area contributed by atoms with Gasteiger partial charge in [-0.15, -0.1) is 5.10 Å². The minimum atomic E-state index is -0.808. The topological polar surface area (TPSA) is 80.9 Å². The maximum Gasteiger partial charge on any atom is 0.305 e. The van der Waals surface area contributed by atoms with Crippen molar-refractivity contribution in [2.45, 2.75) is 51.5 Å². The summed E-state index contributed by atoms with van der Waals surface area (Å²) in [6, 6.07) is -0.140. The molecule has 6 nitrogen and oxygen atoms in total. The van der Waals surface area contributed by atoms with Gasteiger partial charge in [0.15, 0.2) is 5.82 Å². The van der Waals surface area contributed by atoms with Crippen LogP contribution in [0, 0.1) is 5.92 Å². The Kier molecular flexibility index (Phi) is 3.40. The van der Waals surface area contributed by atoms with Crippen LogP contribution in [0.4, 0.5) is 0 Å². The number of rotatable bonds is 6. The van der Waals surface area contributed by atoms with Crippen molar-refractivity contribution in [2.24, 2.45) is 5.92 Å². The first-order valence-corrected chi connectivity index (χ1v) is 6.13. The van der Waals surface area contributed by atoms with Crippen molar-refractivity contribution in [1.82, 2.24) is 20.2 Å². The van der Waals surface area contributed by atoms with Crippen LogP contribution in [0.2, 0.25) is 0 Å². The molecule has 0 bridgehead atoms. The molecule has 1 aromatic rings. The van der Waals surface area contributed by atoms with E-state index < -0.39 is 5.97 Å². The molecule has 0 saturated heterocycles. The van der Waals surface area contributed by atoms with Gasteiger partial charge in [-0.2, -0.15) is 0 Å². The van der Waals surface area contributed by atoms with Crippen LogP contribution in [0.3, 0.4) is 0 Å². The first-order valence-electron chi connectivity index (χ1n) is 6.13. The van der Waals surface area contributed by atoms with Crippen LogP contribution in [0.5, 0.6) is 0 Å². The highest BCUT2D eigenvalue weighted by Gasteiger charge is 2.33. The normalized spacial score (nSPS) is 18.9. The molecule has 94 valence electrons. The van der Waals surface area contributed by atoms with Gasteiger partial charge in [0, 0.05) is 5.92 Å². The fourth-order valence-corrected chi connectivity index (χ4v) is 2.17. The van der Waals surface area contributed by atoms with Crippen molar-refractivity contribution in [2.75, 3.05) is 0 Å². The van der Waals surface area contributed by atoms with Gasteiger partial charge in [-0.25, -0.2) is 4.68 Å². The minimum Gasteiger partial charge on any atom is -0.481 e. The summed E-state index contributed by atoms with van der Waals surface area (Å²) in [5.74, 6) is 1.02. The van der Waals surface area contributed by atoms with Crippen LogP contribution in [-0.2, 0) is 4.79 Å². The molecule has 1 N–H and O–H groups in total. The lowest BCUT2D eigenvalue weighted by Gasteiger charge is -2.17. The number of carboxylic acid groups (broad SMARTS) is 1. The van der Waals surface area contributed by atoms with Crippen LogP contribution >= 0.6 is 0 Å². The summed E-state index contributed by atoms with van der Waals surface area (Å²) < 4.78 is 1.71. The largest absolute Gasteiger partial charge is 0.481 e. The second-order valence-corrected chi connectivity index (χ2v) is 4.77. The molecule has 17 heavy (non-hydrogen) atoms. The Bertz CT molecular complexity index is 400. The Labute approximate surface area is 100 Å². The molecular formula is C11H18N4O2. The fraction of sp³-hybridized carbons (Fsp3) is 0.818. The van der Waals surface area contributed by atoms with E-state index in [4.69, 9.17) is 5.11 Å². The summed E-state index contributed by atoms with van der Waals surface area (Å²) in [5, 5.41) is 20.6. The van der Waals surface area contributed by atoms with E-state index in [9.17, 15) is 4.79 Å². The van der Waals surface area contributed by atoms with E-state index >= 15 is 0 Å². The maximum atomic E-state index is 10.8. The van der Waals surface area contributed by atoms with Crippen molar-refractivity contribution in [3.63, 3.8) is 0 Å². The Morgan fingerprint density at radius 1 is 1.59 bits per heavy atom. The number of aliphatic carboxylic acids is 1. The van der Waals surface area contributed by atoms with E-state index in [2.05, 4.69) is 22.4 Å². The zero-order valence-corrected chi connectivity index (χ0v) is 10.2. The highest BCUT2D eigenvalue weighted by atomic mass is 16.4. The number of carbonyl (C=O) groups is 1. The van der Waals surface area contributed by atoms with E-state index in [1.807, 2.05) is 6.92 Å². The summed E-state index contributed by atoms with van der Waals surface area (Å²) in [7, 11) is 0. The zero-order chi connectivity index (χ0) is 12.4. The second-order valence-electron chi connectivity index (χ2n) is 4.77. The number of aromatic nitrogens is 4. The lowest BCUT2D eigenvalue weighted by Crippen LogP contribution is -2.18. The van der Waals surface area contributed by atoms with E-state index in [-0.39, 0.29) is 12.5 Å². The van der Waals surface area contributed by atoms with Crippen molar-refractivity contribution in [3.05, 3.63) is 5.82 Å². The van der Waals surface area contributed by atoms with Gasteiger partial charge in [-0.05, 0) is 35.6 Å². The fourth-order valence-electron chi connectivity index (χ4n) is 2.17. The van der Waals surface area contributed by atoms with Gasteiger partial charge in [-0.1, -0.05) is 13.8 Å². The van der Waals surface area contributed by atoms with Crippen molar-refractivity contribution in [3.8, 4) is 0 Å². The van der Waals surface area contributed by atoms with Gasteiger partial charge in [0.1, 0.15) is 0 Å². The van der Waals surface area contributed by atoms with Gasteiger partial charge in [0.05, 0.1) is 12.5 Å². The average Bonchev–Trinajstić information content (AvgIpc) is 3.03. The van der Waals surface area contributed by atoms with Gasteiger partial charge in [0.25, 0.3) is 0 Å². The van der Waals surface area contributed by atoms with E-state index in [0.29, 0.717) is 11.8 Å². The standard InChI is InChI=1S/C11H18N4O2/c1-3-9(6-10(16)17)15-11(12-13-14-15)7(2)8-4-5-8/h7-9H,3-6H2,1-2H3,(H,16,17). The van der Waals surface area contributed by atoms with Crippen molar-refractivity contribution in [1.29, 1.82) is 0 Å². The molecule has 1 aliphatic rings. The molecule has 1 aromatic heterocycles. The molecule has 2 unspecified atom stereocenters. The van der Waals surface area contributed by atoms with Gasteiger partial charge in [0.2, 0.25) is 0 Å². The van der Waals surface area contributed by atoms with E-state index in [1.165, 1.54) is 12.8 Å². The molecule has 2 atom stereocenters. The van der Waals surface area contributed by atoms with Gasteiger partial charge >= 0.3 is 5.97 Å². The Hall–Kier alpha value is -1.46. The molecule has 0 spiro atoms. The minimum absolute atomic E-state index is 0.0753. The first-order chi connectivity index (χ1) is 8.13. The molecule has 0 amide bonds. The third-order valence-electron chi connectivity index (χ3n) is 3.48. The molecule has 6 heteroatoms. The predicted molar refractivity (Wildman–Crippen MR) is 60.5 cm³/mol. The molecule has 2 rings (SSSR count). The number of tetrazole rings is 1. The van der Waals surface area contributed by atoms with Crippen molar-refractivity contribution >= 4 is 5.97 Å². The molecule has 0 aromatic carbocycles. The lowest BCUT2D eigenvalue weighted by molar-refractivity contribution is -0.138. The predicted octanol–water partition coefficient (Wildman–Crippen LogP) is 1.61. The number of carboxylic acids is 1.